The summed E-state index contributed by atoms with van der Waals surface area (Å²) in [4.78, 5) is 16.4. The number of carbonyl (C=O) groups excluding carboxylic acids is 1. The number of aromatic hydroxyl groups is 2. The summed E-state index contributed by atoms with van der Waals surface area (Å²) in [6.45, 7) is 0. The van der Waals surface area contributed by atoms with Crippen molar-refractivity contribution in [2.24, 2.45) is 11.0 Å². The number of hydrazone groups is 1. The van der Waals surface area contributed by atoms with E-state index in [0.29, 0.717) is 17.2 Å². The van der Waals surface area contributed by atoms with Crippen LogP contribution in [0.2, 0.25) is 0 Å². The minimum Gasteiger partial charge on any atom is -0.508 e. The lowest BCUT2D eigenvalue weighted by Crippen LogP contribution is -2.46. The molecule has 0 unspecified atom stereocenters. The number of aryl methyl sites for hydroxylation is 1. The fraction of sp³-hybridized carbons (Fsp3) is 0.296. The highest BCUT2D eigenvalue weighted by Gasteiger charge is 2.47. The van der Waals surface area contributed by atoms with Crippen molar-refractivity contribution in [1.82, 2.24) is 10.4 Å². The van der Waals surface area contributed by atoms with E-state index in [1.165, 1.54) is 22.9 Å². The maximum atomic E-state index is 12.4. The molecule has 0 aliphatic heterocycles. The molecule has 168 valence electrons. The van der Waals surface area contributed by atoms with Crippen LogP contribution >= 0.6 is 0 Å². The number of nitrogens with zero attached hydrogens (tertiary/aromatic N) is 2. The molecule has 3 N–H and O–H groups in total. The van der Waals surface area contributed by atoms with Gasteiger partial charge in [-0.2, -0.15) is 5.10 Å². The van der Waals surface area contributed by atoms with Crippen molar-refractivity contribution in [2.45, 2.75) is 43.9 Å². The van der Waals surface area contributed by atoms with Crippen LogP contribution in [0.3, 0.4) is 0 Å². The molecular formula is C27H27N3O3. The van der Waals surface area contributed by atoms with E-state index < -0.39 is 0 Å². The van der Waals surface area contributed by atoms with Gasteiger partial charge in [-0.15, -0.1) is 0 Å². The topological polar surface area (TPSA) is 94.8 Å². The molecule has 1 saturated carbocycles. The van der Waals surface area contributed by atoms with E-state index in [1.807, 2.05) is 18.2 Å². The van der Waals surface area contributed by atoms with Crippen molar-refractivity contribution >= 4 is 11.6 Å². The van der Waals surface area contributed by atoms with Crippen molar-refractivity contribution in [3.05, 3.63) is 89.2 Å². The Morgan fingerprint density at radius 2 is 1.91 bits per heavy atom. The molecule has 2 aliphatic rings. The molecule has 2 atom stereocenters. The van der Waals surface area contributed by atoms with Gasteiger partial charge >= 0.3 is 0 Å². The molecular weight excluding hydrogens is 414 g/mol. The van der Waals surface area contributed by atoms with Gasteiger partial charge in [-0.3, -0.25) is 9.78 Å². The first kappa shape index (κ1) is 21.2. The Morgan fingerprint density at radius 3 is 2.70 bits per heavy atom. The Morgan fingerprint density at radius 1 is 1.09 bits per heavy atom. The van der Waals surface area contributed by atoms with Gasteiger partial charge in [-0.25, -0.2) is 5.43 Å². The lowest BCUT2D eigenvalue weighted by molar-refractivity contribution is 0.0953. The average molecular weight is 442 g/mol. The highest BCUT2D eigenvalue weighted by molar-refractivity contribution is 5.95. The summed E-state index contributed by atoms with van der Waals surface area (Å²) in [5, 5.41) is 24.3. The third-order valence-electron chi connectivity index (χ3n) is 7.21. The van der Waals surface area contributed by atoms with E-state index in [-0.39, 0.29) is 17.1 Å². The van der Waals surface area contributed by atoms with Crippen LogP contribution in [0.5, 0.6) is 11.5 Å². The fourth-order valence-corrected chi connectivity index (χ4v) is 5.59. The van der Waals surface area contributed by atoms with Gasteiger partial charge in [0.15, 0.2) is 0 Å². The molecule has 1 aromatic heterocycles. The molecule has 0 radical (unpaired) electrons. The van der Waals surface area contributed by atoms with E-state index in [2.05, 4.69) is 21.6 Å². The van der Waals surface area contributed by atoms with Gasteiger partial charge in [0.05, 0.1) is 5.56 Å². The van der Waals surface area contributed by atoms with Crippen molar-refractivity contribution in [3.63, 3.8) is 0 Å². The van der Waals surface area contributed by atoms with Crippen LogP contribution in [0.15, 0.2) is 72.1 Å². The van der Waals surface area contributed by atoms with Crippen molar-refractivity contribution in [2.75, 3.05) is 0 Å². The molecule has 6 heteroatoms. The lowest BCUT2D eigenvalue weighted by Gasteiger charge is -2.49. The maximum absolute atomic E-state index is 12.4. The summed E-state index contributed by atoms with van der Waals surface area (Å²) in [6, 6.07) is 16.7. The van der Waals surface area contributed by atoms with Gasteiger partial charge in [0, 0.05) is 23.5 Å². The van der Waals surface area contributed by atoms with Crippen molar-refractivity contribution in [3.8, 4) is 11.5 Å². The van der Waals surface area contributed by atoms with Crippen LogP contribution in [-0.2, 0) is 18.3 Å². The van der Waals surface area contributed by atoms with Crippen LogP contribution in [0.4, 0.5) is 0 Å². The monoisotopic (exact) mass is 441 g/mol. The number of phenols is 2. The van der Waals surface area contributed by atoms with Gasteiger partial charge in [0.25, 0.3) is 5.91 Å². The summed E-state index contributed by atoms with van der Waals surface area (Å²) in [5.74, 6) is 0.708. The Hall–Kier alpha value is -3.67. The third-order valence-corrected chi connectivity index (χ3v) is 7.21. The second-order valence-electron chi connectivity index (χ2n) is 9.14. The summed E-state index contributed by atoms with van der Waals surface area (Å²) in [6.07, 6.45) is 8.49. The van der Waals surface area contributed by atoms with Crippen LogP contribution in [0, 0.1) is 5.92 Å². The van der Waals surface area contributed by atoms with E-state index in [4.69, 9.17) is 0 Å². The zero-order chi connectivity index (χ0) is 22.8. The molecule has 3 aromatic rings. The van der Waals surface area contributed by atoms with Crippen LogP contribution in [0.25, 0.3) is 0 Å². The summed E-state index contributed by atoms with van der Waals surface area (Å²) < 4.78 is 0. The molecule has 0 spiro atoms. The number of hydrogen-bond acceptors (Lipinski definition) is 5. The molecule has 0 saturated heterocycles. The standard InChI is InChI=1S/C27H27N3O3/c31-23-7-3-18(4-8-23)16-27-12-11-22(29-30-26(33)20-2-1-13-28-17-20)15-21(27)6-5-19-14-24(32)9-10-25(19)27/h1-4,7-10,13-14,17,21,31-32H,5-6,11-12,15-16H2,(H,30,33)/t21-,27+/m1/s1. The molecule has 2 aliphatic carbocycles. The zero-order valence-electron chi connectivity index (χ0n) is 18.4. The lowest BCUT2D eigenvalue weighted by atomic mass is 9.55. The van der Waals surface area contributed by atoms with Crippen LogP contribution in [-0.4, -0.2) is 26.8 Å². The highest BCUT2D eigenvalue weighted by Crippen LogP contribution is 2.51. The average Bonchev–Trinajstić information content (AvgIpc) is 2.84. The van der Waals surface area contributed by atoms with Gasteiger partial charge in [-0.05, 0) is 97.5 Å². The van der Waals surface area contributed by atoms with Gasteiger partial charge in [0.1, 0.15) is 11.5 Å². The summed E-state index contributed by atoms with van der Waals surface area (Å²) in [7, 11) is 0. The number of carbonyl (C=O) groups is 1. The van der Waals surface area contributed by atoms with Gasteiger partial charge < -0.3 is 10.2 Å². The first-order valence-electron chi connectivity index (χ1n) is 11.4. The number of benzene rings is 2. The number of fused-ring (bicyclic) bond motifs is 3. The number of hydrogen-bond donors (Lipinski definition) is 3. The third kappa shape index (κ3) is 4.21. The molecule has 1 fully saturated rings. The zero-order valence-corrected chi connectivity index (χ0v) is 18.4. The maximum Gasteiger partial charge on any atom is 0.272 e. The second kappa shape index (κ2) is 8.70. The molecule has 0 bridgehead atoms. The molecule has 5 rings (SSSR count). The second-order valence-corrected chi connectivity index (χ2v) is 9.14. The Balaban J connectivity index is 1.42. The molecule has 1 amide bonds. The minimum atomic E-state index is -0.249. The molecule has 33 heavy (non-hydrogen) atoms. The highest BCUT2D eigenvalue weighted by atomic mass is 16.3. The van der Waals surface area contributed by atoms with Gasteiger partial charge in [-0.1, -0.05) is 18.2 Å². The van der Waals surface area contributed by atoms with Crippen LogP contribution in [0.1, 0.15) is 52.7 Å². The predicted octanol–water partition coefficient (Wildman–Crippen LogP) is 4.51. The number of aromatic nitrogens is 1. The van der Waals surface area contributed by atoms with E-state index >= 15 is 0 Å². The van der Waals surface area contributed by atoms with E-state index in [9.17, 15) is 15.0 Å². The van der Waals surface area contributed by atoms with Crippen molar-refractivity contribution < 1.29 is 15.0 Å². The smallest absolute Gasteiger partial charge is 0.272 e. The Bertz CT molecular complexity index is 1190. The Labute approximate surface area is 193 Å². The normalized spacial score (nSPS) is 22.9. The summed E-state index contributed by atoms with van der Waals surface area (Å²) in [5.41, 5.74) is 7.86. The first-order valence-corrected chi connectivity index (χ1v) is 11.4. The quantitative estimate of drug-likeness (QED) is 0.520. The van der Waals surface area contributed by atoms with E-state index in [0.717, 1.165) is 44.2 Å². The van der Waals surface area contributed by atoms with Crippen LogP contribution < -0.4 is 5.43 Å². The fourth-order valence-electron chi connectivity index (χ4n) is 5.59. The number of nitrogens with one attached hydrogen (secondary N) is 1. The number of phenolic OH excluding ortho intramolecular Hbond substituents is 2. The number of pyridine rings is 1. The SMILES string of the molecule is O=C(NN=C1CC[C@@]2(Cc3ccc(O)cc3)c3ccc(O)cc3CC[C@@H]2C1)c1cccnc1. The largest absolute Gasteiger partial charge is 0.508 e. The molecule has 6 nitrogen and oxygen atoms in total. The number of amides is 1. The summed E-state index contributed by atoms with van der Waals surface area (Å²) >= 11 is 0. The van der Waals surface area contributed by atoms with E-state index in [1.54, 1.807) is 36.5 Å². The first-order chi connectivity index (χ1) is 16.0. The predicted molar refractivity (Wildman–Crippen MR) is 126 cm³/mol. The Kier molecular flexibility index (Phi) is 5.58. The number of rotatable bonds is 4. The van der Waals surface area contributed by atoms with Gasteiger partial charge in [0.2, 0.25) is 0 Å². The molecule has 1 heterocycles. The van der Waals surface area contributed by atoms with Crippen molar-refractivity contribution in [1.29, 1.82) is 0 Å². The molecule has 2 aromatic carbocycles. The minimum absolute atomic E-state index is 0.0648.